The van der Waals surface area contributed by atoms with E-state index in [4.69, 9.17) is 4.42 Å². The third-order valence-electron chi connectivity index (χ3n) is 13.5. The molecule has 0 unspecified atom stereocenters. The molecule has 0 fully saturated rings. The standard InChI is InChI=1S/C61H50N2O/c1-7-15-49-50-33-31-46(38-54(50)61(5,6)53(49)9-3)62(45-32-36-58-52(37-45)51(16-8-2)57(10-4)64-58)43-27-21-39(22-28-43)40-23-29-44(30-24-40)63-55-34-25-41-17-11-13-19-47(41)59(55)60-48-20-14-12-18-42(48)26-35-56(60)63/h8-38H,4,7H2,1-3,5-6H3/b16-8-,49-15-,53-9+. The molecule has 0 radical (unpaired) electrons. The van der Waals surface area contributed by atoms with Crippen LogP contribution in [0, 0.1) is 0 Å². The Hall–Kier alpha value is -7.62. The highest BCUT2D eigenvalue weighted by atomic mass is 16.3. The first kappa shape index (κ1) is 39.2. The monoisotopic (exact) mass is 826 g/mol. The van der Waals surface area contributed by atoms with Gasteiger partial charge in [0.05, 0.1) is 11.0 Å². The number of anilines is 3. The molecule has 3 heteroatoms. The number of benzene rings is 8. The second-order valence-corrected chi connectivity index (χ2v) is 17.5. The van der Waals surface area contributed by atoms with Gasteiger partial charge in [0.2, 0.25) is 0 Å². The fourth-order valence-electron chi connectivity index (χ4n) is 10.6. The Bertz CT molecular complexity index is 3490. The van der Waals surface area contributed by atoms with Crippen molar-refractivity contribution in [3.05, 3.63) is 211 Å². The lowest BCUT2D eigenvalue weighted by Crippen LogP contribution is -2.16. The maximum atomic E-state index is 6.26. The number of rotatable bonds is 8. The van der Waals surface area contributed by atoms with Crippen molar-refractivity contribution in [2.45, 2.75) is 46.5 Å². The second kappa shape index (κ2) is 15.3. The fraction of sp³-hybridized carbons (Fsp3) is 0.115. The molecule has 64 heavy (non-hydrogen) atoms. The SMILES string of the molecule is C=Cc1oc2ccc(N(c3ccc(-c4ccc(-n5c6ccc7ccccc7c6c6c7ccccc7ccc65)cc4)cc3)c3ccc4c(c3)C(C)(C)C(=C/C)/C4=C\CC)cc2c1/C=C\C. The van der Waals surface area contributed by atoms with E-state index < -0.39 is 0 Å². The highest BCUT2D eigenvalue weighted by Gasteiger charge is 2.38. The van der Waals surface area contributed by atoms with Gasteiger partial charge in [-0.1, -0.05) is 143 Å². The smallest absolute Gasteiger partial charge is 0.135 e. The molecule has 10 aromatic rings. The minimum absolute atomic E-state index is 0.129. The molecule has 2 heterocycles. The van der Waals surface area contributed by atoms with E-state index in [0.717, 1.165) is 57.0 Å². The van der Waals surface area contributed by atoms with Crippen molar-refractivity contribution in [1.29, 1.82) is 0 Å². The summed E-state index contributed by atoms with van der Waals surface area (Å²) in [5.41, 5.74) is 16.3. The lowest BCUT2D eigenvalue weighted by molar-refractivity contribution is 0.603. The number of allylic oxidation sites excluding steroid dienone is 5. The molecule has 11 rings (SSSR count). The topological polar surface area (TPSA) is 21.3 Å². The molecule has 310 valence electrons. The van der Waals surface area contributed by atoms with Gasteiger partial charge in [-0.2, -0.15) is 0 Å². The van der Waals surface area contributed by atoms with Crippen LogP contribution in [0.2, 0.25) is 0 Å². The summed E-state index contributed by atoms with van der Waals surface area (Å²) < 4.78 is 8.70. The highest BCUT2D eigenvalue weighted by Crippen LogP contribution is 2.52. The van der Waals surface area contributed by atoms with Crippen LogP contribution in [0.5, 0.6) is 0 Å². The van der Waals surface area contributed by atoms with E-state index in [1.165, 1.54) is 71.2 Å². The average molecular weight is 827 g/mol. The average Bonchev–Trinajstić information content (AvgIpc) is 3.94. The Morgan fingerprint density at radius 2 is 1.23 bits per heavy atom. The van der Waals surface area contributed by atoms with Crippen LogP contribution in [0.25, 0.3) is 88.9 Å². The van der Waals surface area contributed by atoms with Crippen LogP contribution in [-0.2, 0) is 5.41 Å². The zero-order chi connectivity index (χ0) is 43.7. The predicted octanol–water partition coefficient (Wildman–Crippen LogP) is 17.7. The van der Waals surface area contributed by atoms with Gasteiger partial charge in [-0.25, -0.2) is 0 Å². The number of nitrogens with zero attached hydrogens (tertiary/aromatic N) is 2. The van der Waals surface area contributed by atoms with Crippen LogP contribution in [0.3, 0.4) is 0 Å². The zero-order valence-electron chi connectivity index (χ0n) is 37.1. The minimum Gasteiger partial charge on any atom is -0.456 e. The maximum Gasteiger partial charge on any atom is 0.135 e. The lowest BCUT2D eigenvalue weighted by Gasteiger charge is -2.28. The number of furan rings is 1. The molecule has 2 aromatic heterocycles. The molecule has 0 aliphatic heterocycles. The van der Waals surface area contributed by atoms with Crippen LogP contribution in [0.15, 0.2) is 193 Å². The first-order valence-electron chi connectivity index (χ1n) is 22.5. The van der Waals surface area contributed by atoms with Crippen molar-refractivity contribution >= 4 is 89.1 Å². The van der Waals surface area contributed by atoms with Gasteiger partial charge in [-0.3, -0.25) is 0 Å². The zero-order valence-corrected chi connectivity index (χ0v) is 37.1. The normalized spacial score (nSPS) is 14.9. The largest absolute Gasteiger partial charge is 0.456 e. The fourth-order valence-corrected chi connectivity index (χ4v) is 10.6. The van der Waals surface area contributed by atoms with Gasteiger partial charge in [-0.05, 0) is 148 Å². The van der Waals surface area contributed by atoms with Crippen LogP contribution >= 0.6 is 0 Å². The van der Waals surface area contributed by atoms with Crippen molar-refractivity contribution in [1.82, 2.24) is 4.57 Å². The molecule has 8 aromatic carbocycles. The molecular weight excluding hydrogens is 777 g/mol. The Morgan fingerprint density at radius 1 is 0.641 bits per heavy atom. The molecule has 0 spiro atoms. The maximum absolute atomic E-state index is 6.26. The third-order valence-corrected chi connectivity index (χ3v) is 13.5. The van der Waals surface area contributed by atoms with Crippen molar-refractivity contribution in [3.8, 4) is 16.8 Å². The summed E-state index contributed by atoms with van der Waals surface area (Å²) >= 11 is 0. The summed E-state index contributed by atoms with van der Waals surface area (Å²) in [6.45, 7) is 15.2. The van der Waals surface area contributed by atoms with Crippen molar-refractivity contribution in [3.63, 3.8) is 0 Å². The van der Waals surface area contributed by atoms with Crippen molar-refractivity contribution in [2.24, 2.45) is 0 Å². The summed E-state index contributed by atoms with van der Waals surface area (Å²) in [5.74, 6) is 0.778. The summed E-state index contributed by atoms with van der Waals surface area (Å²) in [4.78, 5) is 2.38. The van der Waals surface area contributed by atoms with Gasteiger partial charge >= 0.3 is 0 Å². The van der Waals surface area contributed by atoms with E-state index in [1.54, 1.807) is 6.08 Å². The minimum atomic E-state index is -0.129. The van der Waals surface area contributed by atoms with Crippen molar-refractivity contribution in [2.75, 3.05) is 4.90 Å². The molecule has 0 bridgehead atoms. The Labute approximate surface area is 375 Å². The molecule has 3 nitrogen and oxygen atoms in total. The summed E-state index contributed by atoms with van der Waals surface area (Å²) in [6, 6.07) is 58.2. The van der Waals surface area contributed by atoms with Gasteiger partial charge in [0.25, 0.3) is 0 Å². The molecule has 0 atom stereocenters. The number of hydrogen-bond donors (Lipinski definition) is 0. The van der Waals surface area contributed by atoms with Gasteiger partial charge < -0.3 is 13.9 Å². The van der Waals surface area contributed by atoms with Crippen molar-refractivity contribution < 1.29 is 4.42 Å². The summed E-state index contributed by atoms with van der Waals surface area (Å²) in [6.07, 6.45) is 11.6. The molecule has 0 N–H and O–H groups in total. The Kier molecular flexibility index (Phi) is 9.40. The van der Waals surface area contributed by atoms with Crippen LogP contribution in [0.1, 0.15) is 63.5 Å². The number of fused-ring (bicyclic) bond motifs is 9. The van der Waals surface area contributed by atoms with E-state index >= 15 is 0 Å². The second-order valence-electron chi connectivity index (χ2n) is 17.5. The van der Waals surface area contributed by atoms with Crippen LogP contribution in [-0.4, -0.2) is 4.57 Å². The van der Waals surface area contributed by atoms with E-state index in [9.17, 15) is 0 Å². The van der Waals surface area contributed by atoms with E-state index in [0.29, 0.717) is 0 Å². The Balaban J connectivity index is 1.02. The highest BCUT2D eigenvalue weighted by molar-refractivity contribution is 6.28. The molecule has 1 aliphatic rings. The quantitative estimate of drug-likeness (QED) is 0.152. The Morgan fingerprint density at radius 3 is 1.84 bits per heavy atom. The van der Waals surface area contributed by atoms with Gasteiger partial charge in [-0.15, -0.1) is 0 Å². The lowest BCUT2D eigenvalue weighted by atomic mass is 9.82. The van der Waals surface area contributed by atoms with Gasteiger partial charge in [0, 0.05) is 49.9 Å². The van der Waals surface area contributed by atoms with E-state index in [-0.39, 0.29) is 5.41 Å². The van der Waals surface area contributed by atoms with Gasteiger partial charge in [0.15, 0.2) is 0 Å². The molecular formula is C61H50N2O. The molecule has 0 saturated heterocycles. The predicted molar refractivity (Wildman–Crippen MR) is 276 cm³/mol. The third kappa shape index (κ3) is 6.02. The first-order chi connectivity index (χ1) is 31.3. The molecule has 0 amide bonds. The number of aromatic nitrogens is 1. The van der Waals surface area contributed by atoms with E-state index in [1.807, 2.05) is 6.92 Å². The molecule has 1 aliphatic carbocycles. The van der Waals surface area contributed by atoms with Crippen LogP contribution < -0.4 is 4.90 Å². The summed E-state index contributed by atoms with van der Waals surface area (Å²) in [5, 5.41) is 8.71. The van der Waals surface area contributed by atoms with E-state index in [2.05, 4.69) is 226 Å². The van der Waals surface area contributed by atoms with Crippen LogP contribution in [0.4, 0.5) is 17.1 Å². The summed E-state index contributed by atoms with van der Waals surface area (Å²) in [7, 11) is 0. The molecule has 0 saturated carbocycles. The van der Waals surface area contributed by atoms with Gasteiger partial charge in [0.1, 0.15) is 11.3 Å². The first-order valence-corrected chi connectivity index (χ1v) is 22.5. The number of hydrogen-bond acceptors (Lipinski definition) is 2.